The van der Waals surface area contributed by atoms with Crippen molar-refractivity contribution in [2.24, 2.45) is 5.92 Å². The maximum Gasteiger partial charge on any atom is 0.246 e. The van der Waals surface area contributed by atoms with Gasteiger partial charge in [0.25, 0.3) is 0 Å². The molecule has 0 spiro atoms. The minimum absolute atomic E-state index is 0.134. The first-order valence-corrected chi connectivity index (χ1v) is 8.61. The lowest BCUT2D eigenvalue weighted by atomic mass is 9.82. The number of rotatable bonds is 2. The van der Waals surface area contributed by atoms with Crippen LogP contribution in [0.3, 0.4) is 0 Å². The number of thiophene rings is 1. The quantitative estimate of drug-likeness (QED) is 0.549. The predicted molar refractivity (Wildman–Crippen MR) is 92.7 cm³/mol. The summed E-state index contributed by atoms with van der Waals surface area (Å²) in [6.07, 6.45) is 2.38. The molecule has 1 aliphatic carbocycles. The van der Waals surface area contributed by atoms with Crippen LogP contribution in [0.1, 0.15) is 17.5 Å². The summed E-state index contributed by atoms with van der Waals surface area (Å²) in [6, 6.07) is 17.2. The summed E-state index contributed by atoms with van der Waals surface area (Å²) in [6.45, 7) is 0. The minimum atomic E-state index is -0.275. The summed E-state index contributed by atoms with van der Waals surface area (Å²) < 4.78 is 1.29. The van der Waals surface area contributed by atoms with Crippen molar-refractivity contribution < 1.29 is 10.0 Å². The maximum atomic E-state index is 11.7. The highest BCUT2D eigenvalue weighted by Crippen LogP contribution is 2.36. The molecule has 116 valence electrons. The Balaban J connectivity index is 1.70. The van der Waals surface area contributed by atoms with Crippen molar-refractivity contribution in [3.8, 4) is 10.4 Å². The van der Waals surface area contributed by atoms with Gasteiger partial charge in [0.15, 0.2) is 0 Å². The second kappa shape index (κ2) is 5.80. The average Bonchev–Trinajstić information content (AvgIpc) is 3.04. The monoisotopic (exact) mass is 323 g/mol. The van der Waals surface area contributed by atoms with Gasteiger partial charge >= 0.3 is 0 Å². The molecule has 3 aromatic rings. The predicted octanol–water partition coefficient (Wildman–Crippen LogP) is 4.18. The van der Waals surface area contributed by atoms with Gasteiger partial charge in [-0.15, -0.1) is 11.3 Å². The van der Waals surface area contributed by atoms with Gasteiger partial charge in [-0.2, -0.15) is 0 Å². The molecule has 0 radical (unpaired) electrons. The number of fused-ring (bicyclic) bond motifs is 2. The molecule has 0 bridgehead atoms. The van der Waals surface area contributed by atoms with E-state index in [2.05, 4.69) is 48.5 Å². The summed E-state index contributed by atoms with van der Waals surface area (Å²) in [5.41, 5.74) is 5.53. The van der Waals surface area contributed by atoms with Crippen molar-refractivity contribution in [1.29, 1.82) is 0 Å². The minimum Gasteiger partial charge on any atom is -0.289 e. The van der Waals surface area contributed by atoms with Gasteiger partial charge in [0.05, 0.1) is 0 Å². The third-order valence-corrected chi connectivity index (χ3v) is 5.79. The van der Waals surface area contributed by atoms with Crippen LogP contribution in [0.4, 0.5) is 0 Å². The molecule has 4 rings (SSSR count). The normalized spacial score (nSPS) is 17.0. The number of hydrogen-bond acceptors (Lipinski definition) is 3. The molecule has 3 nitrogen and oxygen atoms in total. The van der Waals surface area contributed by atoms with Crippen molar-refractivity contribution in [2.75, 3.05) is 0 Å². The molecule has 1 unspecified atom stereocenters. The third kappa shape index (κ3) is 2.64. The molecule has 23 heavy (non-hydrogen) atoms. The highest BCUT2D eigenvalue weighted by molar-refractivity contribution is 7.22. The third-order valence-electron chi connectivity index (χ3n) is 4.63. The van der Waals surface area contributed by atoms with Crippen LogP contribution in [0.5, 0.6) is 0 Å². The maximum absolute atomic E-state index is 11.7. The Morgan fingerprint density at radius 1 is 1.13 bits per heavy atom. The number of hydroxylamine groups is 1. The second-order valence-corrected chi connectivity index (χ2v) is 7.13. The van der Waals surface area contributed by atoms with Gasteiger partial charge in [-0.25, -0.2) is 5.48 Å². The number of amides is 1. The highest BCUT2D eigenvalue weighted by Gasteiger charge is 2.24. The van der Waals surface area contributed by atoms with E-state index >= 15 is 0 Å². The fourth-order valence-corrected chi connectivity index (χ4v) is 4.41. The van der Waals surface area contributed by atoms with Crippen molar-refractivity contribution >= 4 is 27.3 Å². The van der Waals surface area contributed by atoms with Crippen molar-refractivity contribution in [3.63, 3.8) is 0 Å². The summed E-state index contributed by atoms with van der Waals surface area (Å²) in [5.74, 6) is -0.409. The van der Waals surface area contributed by atoms with Gasteiger partial charge in [0.1, 0.15) is 0 Å². The molecule has 2 N–H and O–H groups in total. The molecule has 0 saturated heterocycles. The number of carbonyl (C=O) groups is 1. The molecule has 0 saturated carbocycles. The average molecular weight is 323 g/mol. The largest absolute Gasteiger partial charge is 0.289 e. The van der Waals surface area contributed by atoms with Gasteiger partial charge in [-0.1, -0.05) is 36.4 Å². The van der Waals surface area contributed by atoms with E-state index in [-0.39, 0.29) is 11.8 Å². The topological polar surface area (TPSA) is 49.3 Å². The van der Waals surface area contributed by atoms with Gasteiger partial charge in [-0.3, -0.25) is 10.0 Å². The Hall–Kier alpha value is -2.17. The fourth-order valence-electron chi connectivity index (χ4n) is 3.35. The van der Waals surface area contributed by atoms with Gasteiger partial charge in [0, 0.05) is 15.5 Å². The van der Waals surface area contributed by atoms with E-state index in [9.17, 15) is 4.79 Å². The highest BCUT2D eigenvalue weighted by atomic mass is 32.1. The Kier molecular flexibility index (Phi) is 3.63. The van der Waals surface area contributed by atoms with Crippen LogP contribution in [0.25, 0.3) is 20.5 Å². The van der Waals surface area contributed by atoms with Gasteiger partial charge in [0.2, 0.25) is 5.91 Å². The Morgan fingerprint density at radius 2 is 2.00 bits per heavy atom. The van der Waals surface area contributed by atoms with Crippen LogP contribution in [0.15, 0.2) is 48.5 Å². The molecule has 0 aliphatic heterocycles. The van der Waals surface area contributed by atoms with Gasteiger partial charge in [-0.05, 0) is 53.5 Å². The molecule has 4 heteroatoms. The molecule has 1 amide bonds. The van der Waals surface area contributed by atoms with E-state index in [0.29, 0.717) is 6.42 Å². The van der Waals surface area contributed by atoms with Crippen LogP contribution in [0.2, 0.25) is 0 Å². The van der Waals surface area contributed by atoms with E-state index in [0.717, 1.165) is 12.8 Å². The zero-order chi connectivity index (χ0) is 15.8. The smallest absolute Gasteiger partial charge is 0.246 e. The number of hydrogen-bond donors (Lipinski definition) is 2. The number of carbonyl (C=O) groups excluding carboxylic acids is 1. The summed E-state index contributed by atoms with van der Waals surface area (Å²) in [5, 5.41) is 10.1. The molecule has 1 heterocycles. The fraction of sp³-hybridized carbons (Fsp3) is 0.211. The molecule has 0 fully saturated rings. The zero-order valence-electron chi connectivity index (χ0n) is 12.6. The Bertz CT molecular complexity index is 851. The zero-order valence-corrected chi connectivity index (χ0v) is 13.4. The van der Waals surface area contributed by atoms with Crippen molar-refractivity contribution in [2.45, 2.75) is 19.3 Å². The van der Waals surface area contributed by atoms with E-state index < -0.39 is 0 Å². The molecule has 1 aliphatic rings. The van der Waals surface area contributed by atoms with E-state index in [4.69, 9.17) is 5.21 Å². The molecule has 1 atom stereocenters. The summed E-state index contributed by atoms with van der Waals surface area (Å²) in [7, 11) is 0. The van der Waals surface area contributed by atoms with E-state index in [1.807, 2.05) is 0 Å². The lowest BCUT2D eigenvalue weighted by Crippen LogP contribution is -2.31. The second-order valence-electron chi connectivity index (χ2n) is 6.05. The summed E-state index contributed by atoms with van der Waals surface area (Å²) >= 11 is 1.79. The lowest BCUT2D eigenvalue weighted by Gasteiger charge is -2.23. The van der Waals surface area contributed by atoms with Crippen LogP contribution < -0.4 is 5.48 Å². The first kappa shape index (κ1) is 14.4. The van der Waals surface area contributed by atoms with E-state index in [1.54, 1.807) is 16.8 Å². The van der Waals surface area contributed by atoms with Crippen LogP contribution in [-0.4, -0.2) is 11.1 Å². The lowest BCUT2D eigenvalue weighted by molar-refractivity contribution is -0.133. The van der Waals surface area contributed by atoms with Crippen molar-refractivity contribution in [3.05, 3.63) is 59.7 Å². The Labute approximate surface area is 138 Å². The van der Waals surface area contributed by atoms with Crippen LogP contribution in [0, 0.1) is 5.92 Å². The van der Waals surface area contributed by atoms with Crippen LogP contribution in [-0.2, 0) is 17.6 Å². The van der Waals surface area contributed by atoms with E-state index in [1.165, 1.54) is 31.7 Å². The Morgan fingerprint density at radius 3 is 2.83 bits per heavy atom. The standard InChI is InChI=1S/C19H17NO2S/c21-19(20-22)15-8-6-12-5-7-14(9-16(12)10-15)18-11-13-3-1-2-4-17(13)23-18/h1-5,7,9,11,15,22H,6,8,10H2,(H,20,21). The molecule has 2 aromatic carbocycles. The van der Waals surface area contributed by atoms with Crippen molar-refractivity contribution in [1.82, 2.24) is 5.48 Å². The number of nitrogens with one attached hydrogen (secondary N) is 1. The first-order valence-electron chi connectivity index (χ1n) is 7.79. The number of aryl methyl sites for hydroxylation is 1. The molecular weight excluding hydrogens is 306 g/mol. The first-order chi connectivity index (χ1) is 11.2. The molecule has 1 aromatic heterocycles. The SMILES string of the molecule is O=C(NO)C1CCc2ccc(-c3cc4ccccc4s3)cc2C1. The number of benzene rings is 2. The van der Waals surface area contributed by atoms with Crippen LogP contribution >= 0.6 is 11.3 Å². The van der Waals surface area contributed by atoms with Gasteiger partial charge < -0.3 is 0 Å². The summed E-state index contributed by atoms with van der Waals surface area (Å²) in [4.78, 5) is 12.9. The molecular formula is C19H17NO2S.